The average molecular weight is 245 g/mol. The Morgan fingerprint density at radius 1 is 1.31 bits per heavy atom. The summed E-state index contributed by atoms with van der Waals surface area (Å²) in [6.07, 6.45) is 9.07. The van der Waals surface area contributed by atoms with Crippen molar-refractivity contribution >= 4 is 11.8 Å². The molecular formula is C13H27NOS. The predicted octanol–water partition coefficient (Wildman–Crippen LogP) is 2.66. The summed E-state index contributed by atoms with van der Waals surface area (Å²) < 4.78 is 0. The van der Waals surface area contributed by atoms with Crippen LogP contribution in [0.25, 0.3) is 0 Å². The number of thioether (sulfide) groups is 1. The monoisotopic (exact) mass is 245 g/mol. The standard InChI is InChI=1S/C13H27NOS/c1-10(8-12-6-4-5-7-12)14-11(2)13(9-15)16-3/h10-15H,4-9H2,1-3H3. The minimum absolute atomic E-state index is 0.269. The lowest BCUT2D eigenvalue weighted by Crippen LogP contribution is -2.43. The molecule has 0 saturated heterocycles. The van der Waals surface area contributed by atoms with E-state index in [0.717, 1.165) is 5.92 Å². The second-order valence-corrected chi connectivity index (χ2v) is 6.28. The van der Waals surface area contributed by atoms with Crippen LogP contribution in [0.3, 0.4) is 0 Å². The average Bonchev–Trinajstić information content (AvgIpc) is 2.71. The van der Waals surface area contributed by atoms with E-state index < -0.39 is 0 Å². The molecule has 0 aromatic carbocycles. The molecule has 0 aromatic heterocycles. The third-order valence-corrected chi connectivity index (χ3v) is 4.91. The molecule has 1 saturated carbocycles. The molecule has 1 aliphatic rings. The lowest BCUT2D eigenvalue weighted by molar-refractivity contribution is 0.266. The Labute approximate surface area is 105 Å². The molecule has 3 heteroatoms. The third kappa shape index (κ3) is 4.64. The molecular weight excluding hydrogens is 218 g/mol. The van der Waals surface area contributed by atoms with Crippen molar-refractivity contribution in [3.63, 3.8) is 0 Å². The number of aliphatic hydroxyl groups excluding tert-OH is 1. The van der Waals surface area contributed by atoms with Gasteiger partial charge in [0.1, 0.15) is 0 Å². The van der Waals surface area contributed by atoms with Crippen molar-refractivity contribution in [1.29, 1.82) is 0 Å². The van der Waals surface area contributed by atoms with E-state index in [-0.39, 0.29) is 6.61 Å². The highest BCUT2D eigenvalue weighted by molar-refractivity contribution is 7.99. The van der Waals surface area contributed by atoms with Gasteiger partial charge in [-0.25, -0.2) is 0 Å². The first-order valence-corrected chi connectivity index (χ1v) is 7.85. The number of hydrogen-bond donors (Lipinski definition) is 2. The third-order valence-electron chi connectivity index (χ3n) is 3.75. The van der Waals surface area contributed by atoms with Gasteiger partial charge < -0.3 is 10.4 Å². The fourth-order valence-corrected chi connectivity index (χ4v) is 3.44. The van der Waals surface area contributed by atoms with Crippen LogP contribution in [0.15, 0.2) is 0 Å². The van der Waals surface area contributed by atoms with Gasteiger partial charge in [0.05, 0.1) is 6.61 Å². The summed E-state index contributed by atoms with van der Waals surface area (Å²) in [6, 6.07) is 0.982. The zero-order chi connectivity index (χ0) is 12.0. The maximum absolute atomic E-state index is 9.23. The molecule has 0 bridgehead atoms. The van der Waals surface area contributed by atoms with Crippen molar-refractivity contribution < 1.29 is 5.11 Å². The van der Waals surface area contributed by atoms with Crippen LogP contribution in [0.4, 0.5) is 0 Å². The number of aliphatic hydroxyl groups is 1. The Morgan fingerprint density at radius 2 is 1.94 bits per heavy atom. The molecule has 1 fully saturated rings. The van der Waals surface area contributed by atoms with Gasteiger partial charge in [0.25, 0.3) is 0 Å². The zero-order valence-electron chi connectivity index (χ0n) is 10.9. The van der Waals surface area contributed by atoms with Gasteiger partial charge in [-0.1, -0.05) is 25.7 Å². The molecule has 0 heterocycles. The SMILES string of the molecule is CSC(CO)C(C)NC(C)CC1CCCC1. The molecule has 0 amide bonds. The Morgan fingerprint density at radius 3 is 2.44 bits per heavy atom. The highest BCUT2D eigenvalue weighted by Gasteiger charge is 2.21. The second-order valence-electron chi connectivity index (χ2n) is 5.20. The number of rotatable bonds is 7. The molecule has 2 N–H and O–H groups in total. The van der Waals surface area contributed by atoms with Crippen molar-refractivity contribution in [3.05, 3.63) is 0 Å². The second kappa shape index (κ2) is 7.57. The van der Waals surface area contributed by atoms with Gasteiger partial charge >= 0.3 is 0 Å². The van der Waals surface area contributed by atoms with E-state index in [1.165, 1.54) is 32.1 Å². The number of hydrogen-bond acceptors (Lipinski definition) is 3. The smallest absolute Gasteiger partial charge is 0.0564 e. The van der Waals surface area contributed by atoms with Crippen molar-refractivity contribution in [1.82, 2.24) is 5.32 Å². The lowest BCUT2D eigenvalue weighted by Gasteiger charge is -2.26. The lowest BCUT2D eigenvalue weighted by atomic mass is 9.99. The summed E-state index contributed by atoms with van der Waals surface area (Å²) in [7, 11) is 0. The van der Waals surface area contributed by atoms with Crippen LogP contribution in [0, 0.1) is 5.92 Å². The van der Waals surface area contributed by atoms with Crippen molar-refractivity contribution in [2.24, 2.45) is 5.92 Å². The van der Waals surface area contributed by atoms with Gasteiger partial charge in [-0.05, 0) is 32.4 Å². The molecule has 96 valence electrons. The van der Waals surface area contributed by atoms with Gasteiger partial charge in [-0.15, -0.1) is 0 Å². The largest absolute Gasteiger partial charge is 0.395 e. The first-order chi connectivity index (χ1) is 7.67. The van der Waals surface area contributed by atoms with Crippen LogP contribution < -0.4 is 5.32 Å². The van der Waals surface area contributed by atoms with E-state index in [4.69, 9.17) is 0 Å². The van der Waals surface area contributed by atoms with E-state index >= 15 is 0 Å². The van der Waals surface area contributed by atoms with E-state index in [1.807, 2.05) is 0 Å². The molecule has 0 spiro atoms. The van der Waals surface area contributed by atoms with Crippen molar-refractivity contribution in [2.45, 2.75) is 63.3 Å². The van der Waals surface area contributed by atoms with Crippen LogP contribution in [0.2, 0.25) is 0 Å². The highest BCUT2D eigenvalue weighted by atomic mass is 32.2. The minimum Gasteiger partial charge on any atom is -0.395 e. The molecule has 0 aromatic rings. The first-order valence-electron chi connectivity index (χ1n) is 6.57. The van der Waals surface area contributed by atoms with Crippen LogP contribution in [0.5, 0.6) is 0 Å². The summed E-state index contributed by atoms with van der Waals surface area (Å²) >= 11 is 1.75. The van der Waals surface area contributed by atoms with Gasteiger partial charge in [0.15, 0.2) is 0 Å². The normalized spacial score (nSPS) is 23.2. The Kier molecular flexibility index (Phi) is 6.78. The summed E-state index contributed by atoms with van der Waals surface area (Å²) in [5.41, 5.74) is 0. The summed E-state index contributed by atoms with van der Waals surface area (Å²) in [5.74, 6) is 0.941. The predicted molar refractivity (Wildman–Crippen MR) is 73.0 cm³/mol. The quantitative estimate of drug-likeness (QED) is 0.723. The van der Waals surface area contributed by atoms with Crippen LogP contribution in [-0.2, 0) is 0 Å². The van der Waals surface area contributed by atoms with Gasteiger partial charge in [0, 0.05) is 17.3 Å². The molecule has 3 unspecified atom stereocenters. The Bertz CT molecular complexity index is 179. The summed E-state index contributed by atoms with van der Waals surface area (Å²) in [6.45, 7) is 4.73. The topological polar surface area (TPSA) is 32.3 Å². The maximum Gasteiger partial charge on any atom is 0.0564 e. The Hall–Kier alpha value is 0.270. The van der Waals surface area contributed by atoms with E-state index in [2.05, 4.69) is 25.4 Å². The van der Waals surface area contributed by atoms with E-state index in [1.54, 1.807) is 11.8 Å². The van der Waals surface area contributed by atoms with Crippen LogP contribution >= 0.6 is 11.8 Å². The molecule has 3 atom stereocenters. The van der Waals surface area contributed by atoms with E-state index in [9.17, 15) is 5.11 Å². The highest BCUT2D eigenvalue weighted by Crippen LogP contribution is 2.28. The van der Waals surface area contributed by atoms with E-state index in [0.29, 0.717) is 17.3 Å². The maximum atomic E-state index is 9.23. The van der Waals surface area contributed by atoms with Gasteiger partial charge in [0.2, 0.25) is 0 Å². The molecule has 1 aliphatic carbocycles. The molecule has 2 nitrogen and oxygen atoms in total. The number of nitrogens with one attached hydrogen (secondary N) is 1. The fraction of sp³-hybridized carbons (Fsp3) is 1.00. The minimum atomic E-state index is 0.269. The molecule has 0 radical (unpaired) electrons. The zero-order valence-corrected chi connectivity index (χ0v) is 11.7. The van der Waals surface area contributed by atoms with Gasteiger partial charge in [-0.3, -0.25) is 0 Å². The van der Waals surface area contributed by atoms with Crippen molar-refractivity contribution in [3.8, 4) is 0 Å². The Balaban J connectivity index is 2.23. The summed E-state index contributed by atoms with van der Waals surface area (Å²) in [5, 5.41) is 13.2. The summed E-state index contributed by atoms with van der Waals surface area (Å²) in [4.78, 5) is 0. The fourth-order valence-electron chi connectivity index (χ4n) is 2.81. The van der Waals surface area contributed by atoms with Crippen LogP contribution in [0.1, 0.15) is 46.0 Å². The van der Waals surface area contributed by atoms with Gasteiger partial charge in [-0.2, -0.15) is 11.8 Å². The van der Waals surface area contributed by atoms with Crippen molar-refractivity contribution in [2.75, 3.05) is 12.9 Å². The molecule has 1 rings (SSSR count). The molecule has 0 aliphatic heterocycles. The first kappa shape index (κ1) is 14.3. The van der Waals surface area contributed by atoms with Crippen LogP contribution in [-0.4, -0.2) is 35.3 Å². The molecule has 16 heavy (non-hydrogen) atoms.